The number of benzene rings is 4. The van der Waals surface area contributed by atoms with E-state index >= 15 is 0 Å². The van der Waals surface area contributed by atoms with Gasteiger partial charge in [-0.3, -0.25) is 0 Å². The maximum absolute atomic E-state index is 6.36. The van der Waals surface area contributed by atoms with Gasteiger partial charge in [0.15, 0.2) is 0 Å². The lowest BCUT2D eigenvalue weighted by molar-refractivity contribution is 0.451. The normalized spacial score (nSPS) is 17.1. The fourth-order valence-corrected chi connectivity index (χ4v) is 4.39. The second kappa shape index (κ2) is 6.39. The highest BCUT2D eigenvalue weighted by Crippen LogP contribution is 2.48. The number of para-hydroxylation sites is 1. The monoisotopic (exact) mass is 373 g/mol. The molecule has 29 heavy (non-hydrogen) atoms. The van der Waals surface area contributed by atoms with Crippen LogP contribution in [0, 0.1) is 0 Å². The SMILES string of the molecule is C1=CC=C(C2c3ccccc3Oc3cc4cc5ccccc5cc4cc32)NC=C1. The highest BCUT2D eigenvalue weighted by molar-refractivity contribution is 5.99. The Kier molecular flexibility index (Phi) is 3.57. The molecule has 2 nitrogen and oxygen atoms in total. The van der Waals surface area contributed by atoms with Crippen molar-refractivity contribution in [2.75, 3.05) is 0 Å². The molecule has 0 fully saturated rings. The molecule has 2 aliphatic rings. The Balaban J connectivity index is 1.62. The van der Waals surface area contributed by atoms with Crippen molar-refractivity contribution in [1.82, 2.24) is 5.32 Å². The quantitative estimate of drug-likeness (QED) is 0.371. The van der Waals surface area contributed by atoms with Crippen LogP contribution < -0.4 is 10.1 Å². The van der Waals surface area contributed by atoms with Crippen molar-refractivity contribution >= 4 is 21.5 Å². The van der Waals surface area contributed by atoms with E-state index in [-0.39, 0.29) is 5.92 Å². The number of fused-ring (bicyclic) bond motifs is 4. The van der Waals surface area contributed by atoms with E-state index in [0.717, 1.165) is 17.2 Å². The van der Waals surface area contributed by atoms with Crippen LogP contribution in [-0.4, -0.2) is 0 Å². The van der Waals surface area contributed by atoms with Crippen molar-refractivity contribution in [3.05, 3.63) is 120 Å². The van der Waals surface area contributed by atoms with Crippen LogP contribution in [0.15, 0.2) is 109 Å². The highest BCUT2D eigenvalue weighted by Gasteiger charge is 2.30. The first-order chi connectivity index (χ1) is 14.4. The summed E-state index contributed by atoms with van der Waals surface area (Å²) >= 11 is 0. The first-order valence-electron chi connectivity index (χ1n) is 9.90. The Labute approximate surface area is 169 Å². The van der Waals surface area contributed by atoms with E-state index in [1.54, 1.807) is 0 Å². The van der Waals surface area contributed by atoms with Crippen LogP contribution in [0.1, 0.15) is 17.0 Å². The lowest BCUT2D eigenvalue weighted by Gasteiger charge is -2.30. The zero-order valence-electron chi connectivity index (χ0n) is 15.8. The number of allylic oxidation sites excluding steroid dienone is 5. The lowest BCUT2D eigenvalue weighted by atomic mass is 9.84. The fraction of sp³-hybridized carbons (Fsp3) is 0.0370. The van der Waals surface area contributed by atoms with Crippen LogP contribution in [0.5, 0.6) is 11.5 Å². The van der Waals surface area contributed by atoms with Crippen LogP contribution in [-0.2, 0) is 0 Å². The molecule has 0 aliphatic carbocycles. The average Bonchev–Trinajstić information content (AvgIpc) is 3.04. The van der Waals surface area contributed by atoms with Gasteiger partial charge >= 0.3 is 0 Å². The largest absolute Gasteiger partial charge is 0.457 e. The van der Waals surface area contributed by atoms with E-state index in [1.807, 2.05) is 24.4 Å². The predicted octanol–water partition coefficient (Wildman–Crippen LogP) is 6.79. The fourth-order valence-electron chi connectivity index (χ4n) is 4.39. The number of hydrogen-bond donors (Lipinski definition) is 1. The third-order valence-electron chi connectivity index (χ3n) is 5.75. The third-order valence-corrected chi connectivity index (χ3v) is 5.75. The maximum atomic E-state index is 6.36. The van der Waals surface area contributed by atoms with Gasteiger partial charge in [-0.2, -0.15) is 0 Å². The molecule has 0 amide bonds. The zero-order valence-corrected chi connectivity index (χ0v) is 15.8. The number of nitrogens with one attached hydrogen (secondary N) is 1. The summed E-state index contributed by atoms with van der Waals surface area (Å²) in [5, 5.41) is 8.41. The van der Waals surface area contributed by atoms with Crippen LogP contribution >= 0.6 is 0 Å². The van der Waals surface area contributed by atoms with E-state index in [2.05, 4.69) is 84.2 Å². The minimum atomic E-state index is 0.0956. The van der Waals surface area contributed by atoms with Crippen LogP contribution in [0.25, 0.3) is 21.5 Å². The molecule has 138 valence electrons. The highest BCUT2D eigenvalue weighted by atomic mass is 16.5. The molecule has 0 spiro atoms. The Morgan fingerprint density at radius 2 is 1.38 bits per heavy atom. The molecule has 1 unspecified atom stereocenters. The molecule has 1 atom stereocenters. The van der Waals surface area contributed by atoms with Gasteiger partial charge in [-0.25, -0.2) is 0 Å². The second-order valence-electron chi connectivity index (χ2n) is 7.52. The van der Waals surface area contributed by atoms with Crippen molar-refractivity contribution < 1.29 is 4.74 Å². The molecular weight excluding hydrogens is 354 g/mol. The molecule has 2 heterocycles. The Morgan fingerprint density at radius 1 is 0.621 bits per heavy atom. The number of ether oxygens (including phenoxy) is 1. The number of hydrogen-bond acceptors (Lipinski definition) is 2. The summed E-state index contributed by atoms with van der Waals surface area (Å²) in [7, 11) is 0. The van der Waals surface area contributed by atoms with Gasteiger partial charge in [0, 0.05) is 23.0 Å². The summed E-state index contributed by atoms with van der Waals surface area (Å²) in [5.74, 6) is 1.94. The predicted molar refractivity (Wildman–Crippen MR) is 119 cm³/mol. The average molecular weight is 373 g/mol. The first kappa shape index (κ1) is 16.2. The van der Waals surface area contributed by atoms with E-state index < -0.39 is 0 Å². The maximum Gasteiger partial charge on any atom is 0.132 e. The first-order valence-corrected chi connectivity index (χ1v) is 9.90. The minimum absolute atomic E-state index is 0.0956. The Hall–Kier alpha value is -3.78. The Morgan fingerprint density at radius 3 is 2.24 bits per heavy atom. The van der Waals surface area contributed by atoms with Gasteiger partial charge in [-0.15, -0.1) is 0 Å². The van der Waals surface area contributed by atoms with Gasteiger partial charge in [0.05, 0.1) is 5.92 Å². The zero-order chi connectivity index (χ0) is 19.2. The number of rotatable bonds is 1. The minimum Gasteiger partial charge on any atom is -0.457 e. The molecule has 1 N–H and O–H groups in total. The van der Waals surface area contributed by atoms with Crippen molar-refractivity contribution in [2.24, 2.45) is 0 Å². The van der Waals surface area contributed by atoms with E-state index in [9.17, 15) is 0 Å². The molecule has 2 aliphatic heterocycles. The van der Waals surface area contributed by atoms with Crippen molar-refractivity contribution in [3.63, 3.8) is 0 Å². The molecule has 4 aromatic rings. The molecular formula is C27H19NO. The van der Waals surface area contributed by atoms with E-state index in [4.69, 9.17) is 4.74 Å². The molecule has 0 saturated heterocycles. The van der Waals surface area contributed by atoms with Gasteiger partial charge in [-0.05, 0) is 64.0 Å². The van der Waals surface area contributed by atoms with Gasteiger partial charge in [0.25, 0.3) is 0 Å². The molecule has 0 bridgehead atoms. The molecule has 0 aromatic heterocycles. The van der Waals surface area contributed by atoms with Crippen LogP contribution in [0.3, 0.4) is 0 Å². The van der Waals surface area contributed by atoms with Gasteiger partial charge < -0.3 is 10.1 Å². The summed E-state index contributed by atoms with van der Waals surface area (Å²) < 4.78 is 6.36. The third kappa shape index (κ3) is 2.65. The summed E-state index contributed by atoms with van der Waals surface area (Å²) in [5.41, 5.74) is 3.52. The van der Waals surface area contributed by atoms with Crippen molar-refractivity contribution in [2.45, 2.75) is 5.92 Å². The standard InChI is InChI=1S/C27H19NO/c1-2-11-24(28-13-7-1)27-22-10-5-6-12-25(22)29-26-17-21-15-19-9-4-3-8-18(19)14-20(21)16-23(26)27/h1-17,27-28H. The van der Waals surface area contributed by atoms with Crippen LogP contribution in [0.4, 0.5) is 0 Å². The molecule has 4 aromatic carbocycles. The second-order valence-corrected chi connectivity index (χ2v) is 7.52. The van der Waals surface area contributed by atoms with Crippen molar-refractivity contribution in [3.8, 4) is 11.5 Å². The smallest absolute Gasteiger partial charge is 0.132 e. The summed E-state index contributed by atoms with van der Waals surface area (Å²) in [6.07, 6.45) is 10.3. The van der Waals surface area contributed by atoms with Gasteiger partial charge in [0.2, 0.25) is 0 Å². The van der Waals surface area contributed by atoms with Gasteiger partial charge in [-0.1, -0.05) is 54.6 Å². The summed E-state index contributed by atoms with van der Waals surface area (Å²) in [4.78, 5) is 0. The summed E-state index contributed by atoms with van der Waals surface area (Å²) in [6, 6.07) is 25.8. The topological polar surface area (TPSA) is 21.3 Å². The molecule has 0 saturated carbocycles. The summed E-state index contributed by atoms with van der Waals surface area (Å²) in [6.45, 7) is 0. The van der Waals surface area contributed by atoms with Crippen LogP contribution in [0.2, 0.25) is 0 Å². The Bertz CT molecular complexity index is 1360. The lowest BCUT2D eigenvalue weighted by Crippen LogP contribution is -2.19. The van der Waals surface area contributed by atoms with E-state index in [1.165, 1.54) is 32.7 Å². The van der Waals surface area contributed by atoms with Gasteiger partial charge in [0.1, 0.15) is 11.5 Å². The van der Waals surface area contributed by atoms with Crippen molar-refractivity contribution in [1.29, 1.82) is 0 Å². The molecule has 6 rings (SSSR count). The van der Waals surface area contributed by atoms with E-state index in [0.29, 0.717) is 0 Å². The molecule has 0 radical (unpaired) electrons. The molecule has 2 heteroatoms.